The van der Waals surface area contributed by atoms with Crippen LogP contribution in [0.2, 0.25) is 10.0 Å². The molecule has 0 spiro atoms. The van der Waals surface area contributed by atoms with Gasteiger partial charge in [-0.05, 0) is 48.9 Å². The van der Waals surface area contributed by atoms with Crippen molar-refractivity contribution in [3.8, 4) is 0 Å². The third kappa shape index (κ3) is 2.86. The van der Waals surface area contributed by atoms with Gasteiger partial charge in [0.2, 0.25) is 0 Å². The van der Waals surface area contributed by atoms with Gasteiger partial charge in [0.1, 0.15) is 5.69 Å². The second-order valence-corrected chi connectivity index (χ2v) is 6.65. The number of aromatic nitrogens is 1. The van der Waals surface area contributed by atoms with Crippen molar-refractivity contribution < 1.29 is 4.79 Å². The number of hydrogen-bond donors (Lipinski definition) is 2. The molecule has 3 aromatic rings. The predicted octanol–water partition coefficient (Wildman–Crippen LogP) is 5.80. The van der Waals surface area contributed by atoms with Gasteiger partial charge in [0, 0.05) is 26.1 Å². The van der Waals surface area contributed by atoms with Crippen molar-refractivity contribution in [3.05, 3.63) is 62.2 Å². The van der Waals surface area contributed by atoms with Gasteiger partial charge in [-0.2, -0.15) is 0 Å². The van der Waals surface area contributed by atoms with E-state index in [2.05, 4.69) is 26.2 Å². The number of nitrogens with one attached hydrogen (secondary N) is 2. The number of halogens is 3. The number of carbonyl (C=O) groups excluding carboxylic acids is 1. The number of aromatic amines is 1. The first-order valence-corrected chi connectivity index (χ1v) is 8.05. The SMILES string of the molecule is Cc1cc(Br)ccc1NC(=O)c1[nH]c2ccc(Cl)cc2c1Cl. The van der Waals surface area contributed by atoms with E-state index < -0.39 is 0 Å². The number of amides is 1. The molecule has 3 rings (SSSR count). The van der Waals surface area contributed by atoms with E-state index in [1.165, 1.54) is 0 Å². The first kappa shape index (κ1) is 15.4. The monoisotopic (exact) mass is 396 g/mol. The highest BCUT2D eigenvalue weighted by Gasteiger charge is 2.17. The van der Waals surface area contributed by atoms with E-state index in [0.29, 0.717) is 15.7 Å². The quantitative estimate of drug-likeness (QED) is 0.564. The number of rotatable bonds is 2. The van der Waals surface area contributed by atoms with Crippen LogP contribution in [0.5, 0.6) is 0 Å². The standard InChI is InChI=1S/C16H11BrCl2N2O/c1-8-6-9(17)2-4-12(8)21-16(22)15-14(19)11-7-10(18)3-5-13(11)20-15/h2-7,20H,1H3,(H,21,22). The lowest BCUT2D eigenvalue weighted by Gasteiger charge is -2.08. The lowest BCUT2D eigenvalue weighted by Crippen LogP contribution is -2.13. The Bertz CT molecular complexity index is 889. The number of carbonyl (C=O) groups is 1. The lowest BCUT2D eigenvalue weighted by molar-refractivity contribution is 0.102. The van der Waals surface area contributed by atoms with Crippen LogP contribution in [0.25, 0.3) is 10.9 Å². The summed E-state index contributed by atoms with van der Waals surface area (Å²) in [5, 5.41) is 4.53. The summed E-state index contributed by atoms with van der Waals surface area (Å²) < 4.78 is 0.960. The van der Waals surface area contributed by atoms with Crippen LogP contribution < -0.4 is 5.32 Å². The van der Waals surface area contributed by atoms with Crippen LogP contribution in [0.15, 0.2) is 40.9 Å². The Labute approximate surface area is 145 Å². The molecule has 1 amide bonds. The normalized spacial score (nSPS) is 10.9. The van der Waals surface area contributed by atoms with Gasteiger partial charge >= 0.3 is 0 Å². The van der Waals surface area contributed by atoms with Crippen LogP contribution in [-0.4, -0.2) is 10.9 Å². The average molecular weight is 398 g/mol. The molecule has 3 nitrogen and oxygen atoms in total. The fraction of sp³-hybridized carbons (Fsp3) is 0.0625. The van der Waals surface area contributed by atoms with Gasteiger partial charge in [-0.1, -0.05) is 39.1 Å². The fourth-order valence-corrected chi connectivity index (χ4v) is 3.18. The molecule has 0 atom stereocenters. The smallest absolute Gasteiger partial charge is 0.273 e. The second-order valence-electron chi connectivity index (χ2n) is 4.92. The summed E-state index contributed by atoms with van der Waals surface area (Å²) in [4.78, 5) is 15.5. The van der Waals surface area contributed by atoms with Gasteiger partial charge < -0.3 is 10.3 Å². The average Bonchev–Trinajstić information content (AvgIpc) is 2.79. The molecule has 6 heteroatoms. The van der Waals surface area contributed by atoms with E-state index in [4.69, 9.17) is 23.2 Å². The highest BCUT2D eigenvalue weighted by Crippen LogP contribution is 2.30. The molecule has 1 heterocycles. The molecule has 0 saturated heterocycles. The minimum Gasteiger partial charge on any atom is -0.349 e. The van der Waals surface area contributed by atoms with E-state index in [1.807, 2.05) is 25.1 Å². The first-order chi connectivity index (χ1) is 10.5. The molecule has 22 heavy (non-hydrogen) atoms. The molecule has 1 aromatic heterocycles. The Balaban J connectivity index is 1.97. The summed E-state index contributed by atoms with van der Waals surface area (Å²) in [5.74, 6) is -0.289. The van der Waals surface area contributed by atoms with Crippen molar-refractivity contribution in [2.45, 2.75) is 6.92 Å². The van der Waals surface area contributed by atoms with Crippen molar-refractivity contribution in [2.24, 2.45) is 0 Å². The highest BCUT2D eigenvalue weighted by atomic mass is 79.9. The van der Waals surface area contributed by atoms with Crippen molar-refractivity contribution in [3.63, 3.8) is 0 Å². The number of hydrogen-bond acceptors (Lipinski definition) is 1. The summed E-state index contributed by atoms with van der Waals surface area (Å²) in [6.45, 7) is 1.92. The Morgan fingerprint density at radius 1 is 1.18 bits per heavy atom. The molecule has 0 bridgehead atoms. The van der Waals surface area contributed by atoms with Gasteiger partial charge in [0.15, 0.2) is 0 Å². The molecule has 2 aromatic carbocycles. The predicted molar refractivity (Wildman–Crippen MR) is 95.2 cm³/mol. The Morgan fingerprint density at radius 3 is 2.68 bits per heavy atom. The number of anilines is 1. The number of H-pyrrole nitrogens is 1. The minimum absolute atomic E-state index is 0.289. The minimum atomic E-state index is -0.289. The topological polar surface area (TPSA) is 44.9 Å². The van der Waals surface area contributed by atoms with Crippen molar-refractivity contribution in [1.82, 2.24) is 4.98 Å². The number of aryl methyl sites for hydroxylation is 1. The van der Waals surface area contributed by atoms with Gasteiger partial charge in [0.05, 0.1) is 5.02 Å². The molecular weight excluding hydrogens is 387 g/mol. The number of benzene rings is 2. The number of fused-ring (bicyclic) bond motifs is 1. The van der Waals surface area contributed by atoms with Crippen LogP contribution in [0, 0.1) is 6.92 Å². The van der Waals surface area contributed by atoms with Gasteiger partial charge in [0.25, 0.3) is 5.91 Å². The van der Waals surface area contributed by atoms with Crippen LogP contribution in [0.4, 0.5) is 5.69 Å². The summed E-state index contributed by atoms with van der Waals surface area (Å²) >= 11 is 15.7. The molecule has 0 fully saturated rings. The summed E-state index contributed by atoms with van der Waals surface area (Å²) in [5.41, 5.74) is 2.78. The van der Waals surface area contributed by atoms with Crippen LogP contribution in [-0.2, 0) is 0 Å². The third-order valence-electron chi connectivity index (χ3n) is 3.36. The summed E-state index contributed by atoms with van der Waals surface area (Å²) in [6, 6.07) is 10.9. The highest BCUT2D eigenvalue weighted by molar-refractivity contribution is 9.10. The zero-order chi connectivity index (χ0) is 15.9. The first-order valence-electron chi connectivity index (χ1n) is 6.50. The van der Waals surface area contributed by atoms with E-state index in [0.717, 1.165) is 26.6 Å². The molecule has 0 aliphatic rings. The second kappa shape index (κ2) is 5.95. The van der Waals surface area contributed by atoms with Crippen molar-refractivity contribution >= 4 is 61.6 Å². The van der Waals surface area contributed by atoms with E-state index >= 15 is 0 Å². The third-order valence-corrected chi connectivity index (χ3v) is 4.48. The Kier molecular flexibility index (Phi) is 4.17. The zero-order valence-corrected chi connectivity index (χ0v) is 14.6. The van der Waals surface area contributed by atoms with Crippen LogP contribution in [0.1, 0.15) is 16.1 Å². The molecule has 2 N–H and O–H groups in total. The van der Waals surface area contributed by atoms with Gasteiger partial charge in [-0.3, -0.25) is 4.79 Å². The molecule has 0 aliphatic carbocycles. The molecule has 0 unspecified atom stereocenters. The van der Waals surface area contributed by atoms with E-state index in [1.54, 1.807) is 18.2 Å². The maximum Gasteiger partial charge on any atom is 0.273 e. The molecule has 0 aliphatic heterocycles. The fourth-order valence-electron chi connectivity index (χ4n) is 2.24. The maximum absolute atomic E-state index is 12.5. The molecule has 0 radical (unpaired) electrons. The van der Waals surface area contributed by atoms with Gasteiger partial charge in [-0.25, -0.2) is 0 Å². The summed E-state index contributed by atoms with van der Waals surface area (Å²) in [7, 11) is 0. The molecule has 0 saturated carbocycles. The lowest BCUT2D eigenvalue weighted by atomic mass is 10.2. The zero-order valence-electron chi connectivity index (χ0n) is 11.5. The van der Waals surface area contributed by atoms with Gasteiger partial charge in [-0.15, -0.1) is 0 Å². The van der Waals surface area contributed by atoms with E-state index in [-0.39, 0.29) is 5.91 Å². The van der Waals surface area contributed by atoms with Crippen molar-refractivity contribution in [1.29, 1.82) is 0 Å². The van der Waals surface area contributed by atoms with Crippen LogP contribution in [0.3, 0.4) is 0 Å². The largest absolute Gasteiger partial charge is 0.349 e. The van der Waals surface area contributed by atoms with E-state index in [9.17, 15) is 4.79 Å². The van der Waals surface area contributed by atoms with Crippen molar-refractivity contribution in [2.75, 3.05) is 5.32 Å². The molecular formula is C16H11BrCl2N2O. The Morgan fingerprint density at radius 2 is 1.95 bits per heavy atom. The summed E-state index contributed by atoms with van der Waals surface area (Å²) in [6.07, 6.45) is 0. The molecule has 112 valence electrons. The maximum atomic E-state index is 12.5. The van der Waals surface area contributed by atoms with Crippen LogP contribution >= 0.6 is 39.1 Å². The Hall–Kier alpha value is -1.49.